The van der Waals surface area contributed by atoms with Gasteiger partial charge in [0.2, 0.25) is 0 Å². The van der Waals surface area contributed by atoms with Crippen molar-refractivity contribution in [2.24, 2.45) is 5.41 Å². The van der Waals surface area contributed by atoms with Crippen molar-refractivity contribution >= 4 is 31.9 Å². The highest BCUT2D eigenvalue weighted by Gasteiger charge is 2.32. The van der Waals surface area contributed by atoms with Crippen LogP contribution in [0.3, 0.4) is 0 Å². The number of alkyl halides is 2. The molecule has 0 spiro atoms. The first-order chi connectivity index (χ1) is 8.28. The molecule has 6 heteroatoms. The van der Waals surface area contributed by atoms with Gasteiger partial charge in [-0.25, -0.2) is 0 Å². The Morgan fingerprint density at radius 3 is 1.65 bits per heavy atom. The molecule has 100 valence electrons. The van der Waals surface area contributed by atoms with Gasteiger partial charge in [-0.05, 0) is 0 Å². The number of rotatable bonds is 10. The van der Waals surface area contributed by atoms with Crippen molar-refractivity contribution in [1.29, 1.82) is 0 Å². The zero-order valence-electron chi connectivity index (χ0n) is 9.70. The van der Waals surface area contributed by atoms with Gasteiger partial charge in [0.1, 0.15) is 12.2 Å². The van der Waals surface area contributed by atoms with Crippen molar-refractivity contribution in [2.75, 3.05) is 50.3 Å². The fraction of sp³-hybridized carbons (Fsp3) is 1.00. The summed E-state index contributed by atoms with van der Waals surface area (Å²) in [5.74, 6) is 0. The van der Waals surface area contributed by atoms with Gasteiger partial charge >= 0.3 is 0 Å². The van der Waals surface area contributed by atoms with Gasteiger partial charge in [-0.3, -0.25) is 0 Å². The maximum atomic E-state index is 5.68. The van der Waals surface area contributed by atoms with Crippen LogP contribution in [0.4, 0.5) is 0 Å². The van der Waals surface area contributed by atoms with Gasteiger partial charge in [-0.1, -0.05) is 31.9 Å². The number of hydrogen-bond donors (Lipinski definition) is 0. The third-order valence-corrected chi connectivity index (χ3v) is 5.17. The number of epoxide rings is 2. The minimum absolute atomic E-state index is 0.0101. The first-order valence-electron chi connectivity index (χ1n) is 5.79. The van der Waals surface area contributed by atoms with Crippen LogP contribution in [0.15, 0.2) is 0 Å². The summed E-state index contributed by atoms with van der Waals surface area (Å²) in [7, 11) is 0. The predicted molar refractivity (Wildman–Crippen MR) is 71.1 cm³/mol. The molecule has 0 bridgehead atoms. The summed E-state index contributed by atoms with van der Waals surface area (Å²) in [6, 6.07) is 0. The van der Waals surface area contributed by atoms with E-state index in [0.29, 0.717) is 38.6 Å². The van der Waals surface area contributed by atoms with Gasteiger partial charge in [-0.2, -0.15) is 0 Å². The van der Waals surface area contributed by atoms with E-state index in [4.69, 9.17) is 18.9 Å². The molecule has 2 atom stereocenters. The summed E-state index contributed by atoms with van der Waals surface area (Å²) in [6.07, 6.45) is 0.637. The van der Waals surface area contributed by atoms with Crippen LogP contribution in [0.1, 0.15) is 0 Å². The topological polar surface area (TPSA) is 43.5 Å². The molecule has 0 aromatic carbocycles. The molecule has 2 unspecified atom stereocenters. The lowest BCUT2D eigenvalue weighted by Gasteiger charge is -2.29. The molecule has 2 heterocycles. The average Bonchev–Trinajstić information content (AvgIpc) is 3.21. The van der Waals surface area contributed by atoms with Crippen molar-refractivity contribution in [3.05, 3.63) is 0 Å². The highest BCUT2D eigenvalue weighted by atomic mass is 79.9. The largest absolute Gasteiger partial charge is 0.378 e. The van der Waals surface area contributed by atoms with E-state index in [1.54, 1.807) is 0 Å². The maximum absolute atomic E-state index is 5.68. The molecule has 0 aliphatic carbocycles. The molecule has 2 aliphatic rings. The van der Waals surface area contributed by atoms with Gasteiger partial charge < -0.3 is 18.9 Å². The Morgan fingerprint density at radius 2 is 1.35 bits per heavy atom. The molecule has 0 saturated carbocycles. The van der Waals surface area contributed by atoms with E-state index in [9.17, 15) is 0 Å². The van der Waals surface area contributed by atoms with Crippen molar-refractivity contribution < 1.29 is 18.9 Å². The summed E-state index contributed by atoms with van der Waals surface area (Å²) in [5, 5.41) is 1.70. The first kappa shape index (κ1) is 14.2. The summed E-state index contributed by atoms with van der Waals surface area (Å²) in [5.41, 5.74) is -0.0101. The minimum atomic E-state index is -0.0101. The van der Waals surface area contributed by atoms with Crippen molar-refractivity contribution in [2.45, 2.75) is 12.2 Å². The Morgan fingerprint density at radius 1 is 0.941 bits per heavy atom. The molecule has 0 amide bonds. The van der Waals surface area contributed by atoms with E-state index in [2.05, 4.69) is 31.9 Å². The van der Waals surface area contributed by atoms with Crippen LogP contribution in [-0.2, 0) is 18.9 Å². The number of hydrogen-bond acceptors (Lipinski definition) is 4. The molecule has 17 heavy (non-hydrogen) atoms. The Balaban J connectivity index is 1.65. The van der Waals surface area contributed by atoms with Crippen LogP contribution < -0.4 is 0 Å². The number of ether oxygens (including phenoxy) is 4. The molecule has 0 N–H and O–H groups in total. The zero-order valence-corrected chi connectivity index (χ0v) is 12.9. The lowest BCUT2D eigenvalue weighted by Crippen LogP contribution is -2.37. The Hall–Kier alpha value is 0.800. The Kier molecular flexibility index (Phi) is 5.70. The van der Waals surface area contributed by atoms with Crippen LogP contribution >= 0.6 is 31.9 Å². The minimum Gasteiger partial charge on any atom is -0.378 e. The second-order valence-corrected chi connectivity index (χ2v) is 5.83. The molecule has 2 fully saturated rings. The van der Waals surface area contributed by atoms with E-state index < -0.39 is 0 Å². The van der Waals surface area contributed by atoms with Crippen LogP contribution in [-0.4, -0.2) is 62.5 Å². The SMILES string of the molecule is BrCC(CBr)(COCC1CO1)COCC1CO1. The second-order valence-electron chi connectivity index (χ2n) is 4.71. The first-order valence-corrected chi connectivity index (χ1v) is 8.03. The Bertz CT molecular complexity index is 208. The molecular formula is C11H18Br2O4. The van der Waals surface area contributed by atoms with Crippen LogP contribution in [0.5, 0.6) is 0 Å². The van der Waals surface area contributed by atoms with E-state index >= 15 is 0 Å². The van der Waals surface area contributed by atoms with Crippen molar-refractivity contribution in [3.8, 4) is 0 Å². The van der Waals surface area contributed by atoms with Gasteiger partial charge in [0, 0.05) is 16.1 Å². The van der Waals surface area contributed by atoms with E-state index in [1.165, 1.54) is 0 Å². The Labute approximate surface area is 119 Å². The molecule has 0 aromatic heterocycles. The van der Waals surface area contributed by atoms with Crippen molar-refractivity contribution in [3.63, 3.8) is 0 Å². The van der Waals surface area contributed by atoms with Crippen LogP contribution in [0.25, 0.3) is 0 Å². The number of halogens is 2. The molecule has 0 aromatic rings. The van der Waals surface area contributed by atoms with Gasteiger partial charge in [0.05, 0.1) is 39.6 Å². The second kappa shape index (κ2) is 6.82. The summed E-state index contributed by atoms with van der Waals surface area (Å²) >= 11 is 7.09. The highest BCUT2D eigenvalue weighted by molar-refractivity contribution is 9.09. The smallest absolute Gasteiger partial charge is 0.104 e. The quantitative estimate of drug-likeness (QED) is 0.431. The van der Waals surface area contributed by atoms with Crippen LogP contribution in [0.2, 0.25) is 0 Å². The molecule has 2 rings (SSSR count). The summed E-state index contributed by atoms with van der Waals surface area (Å²) in [4.78, 5) is 0. The predicted octanol–water partition coefficient (Wildman–Crippen LogP) is 1.59. The third-order valence-electron chi connectivity index (χ3n) is 2.80. The molecule has 2 saturated heterocycles. The monoisotopic (exact) mass is 372 g/mol. The molecular weight excluding hydrogens is 356 g/mol. The van der Waals surface area contributed by atoms with E-state index in [1.807, 2.05) is 0 Å². The standard InChI is InChI=1S/C11H18Br2O4/c12-5-11(6-13,7-14-1-9-3-16-9)8-15-2-10-4-17-10/h9-10H,1-8H2. The third kappa shape index (κ3) is 5.12. The lowest BCUT2D eigenvalue weighted by molar-refractivity contribution is -0.00432. The van der Waals surface area contributed by atoms with Crippen molar-refractivity contribution in [1.82, 2.24) is 0 Å². The van der Waals surface area contributed by atoms with Gasteiger partial charge in [0.25, 0.3) is 0 Å². The molecule has 0 radical (unpaired) electrons. The van der Waals surface area contributed by atoms with Crippen LogP contribution in [0, 0.1) is 5.41 Å². The maximum Gasteiger partial charge on any atom is 0.104 e. The molecule has 2 aliphatic heterocycles. The average molecular weight is 374 g/mol. The van der Waals surface area contributed by atoms with E-state index in [-0.39, 0.29) is 5.41 Å². The summed E-state index contributed by atoms with van der Waals surface area (Å²) < 4.78 is 21.6. The van der Waals surface area contributed by atoms with Gasteiger partial charge in [0.15, 0.2) is 0 Å². The van der Waals surface area contributed by atoms with Gasteiger partial charge in [-0.15, -0.1) is 0 Å². The fourth-order valence-electron chi connectivity index (χ4n) is 1.37. The molecule has 4 nitrogen and oxygen atoms in total. The lowest BCUT2D eigenvalue weighted by atomic mass is 9.96. The van der Waals surface area contributed by atoms with E-state index in [0.717, 1.165) is 23.9 Å². The fourth-order valence-corrected chi connectivity index (χ4v) is 2.95. The zero-order chi connectivity index (χ0) is 12.1. The normalized spacial score (nSPS) is 27.2. The summed E-state index contributed by atoms with van der Waals surface area (Å²) in [6.45, 7) is 4.40. The highest BCUT2D eigenvalue weighted by Crippen LogP contribution is 2.25.